The van der Waals surface area contributed by atoms with Crippen LogP contribution < -0.4 is 0 Å². The van der Waals surface area contributed by atoms with Crippen LogP contribution in [0, 0.1) is 0 Å². The molecule has 72 heavy (non-hydrogen) atoms. The third kappa shape index (κ3) is 6.03. The van der Waals surface area contributed by atoms with Crippen molar-refractivity contribution in [2.24, 2.45) is 0 Å². The number of fused-ring (bicyclic) bond motifs is 10. The van der Waals surface area contributed by atoms with E-state index in [9.17, 15) is 0 Å². The molecule has 2 heteroatoms. The molecule has 2 heterocycles. The second-order valence-electron chi connectivity index (χ2n) is 19.1. The molecule has 0 saturated heterocycles. The van der Waals surface area contributed by atoms with Crippen molar-refractivity contribution in [3.05, 3.63) is 267 Å². The van der Waals surface area contributed by atoms with Crippen LogP contribution in [-0.2, 0) is 0 Å². The molecule has 0 fully saturated rings. The fourth-order valence-corrected chi connectivity index (χ4v) is 12.2. The van der Waals surface area contributed by atoms with E-state index in [0.29, 0.717) is 0 Å². The molecule has 15 aromatic rings. The molecule has 13 aromatic carbocycles. The molecular formula is C70H44N2. The lowest BCUT2D eigenvalue weighted by molar-refractivity contribution is 1.18. The third-order valence-corrected chi connectivity index (χ3v) is 15.3. The van der Waals surface area contributed by atoms with E-state index in [1.807, 2.05) is 0 Å². The monoisotopic (exact) mass is 912 g/mol. The Morgan fingerprint density at radius 2 is 0.514 bits per heavy atom. The van der Waals surface area contributed by atoms with Crippen LogP contribution in [0.25, 0.3) is 143 Å². The summed E-state index contributed by atoms with van der Waals surface area (Å²) in [6, 6.07) is 98.8. The normalized spacial score (nSPS) is 11.9. The Morgan fingerprint density at radius 3 is 0.958 bits per heavy atom. The van der Waals surface area contributed by atoms with Crippen LogP contribution in [0.15, 0.2) is 267 Å². The molecule has 0 spiro atoms. The Kier molecular flexibility index (Phi) is 8.99. The van der Waals surface area contributed by atoms with Crippen molar-refractivity contribution in [1.82, 2.24) is 9.13 Å². The maximum absolute atomic E-state index is 2.50. The van der Waals surface area contributed by atoms with E-state index in [0.717, 1.165) is 11.4 Å². The van der Waals surface area contributed by atoms with Crippen molar-refractivity contribution in [1.29, 1.82) is 0 Å². The Morgan fingerprint density at radius 1 is 0.181 bits per heavy atom. The van der Waals surface area contributed by atoms with Crippen molar-refractivity contribution >= 4 is 86.7 Å². The van der Waals surface area contributed by atoms with Gasteiger partial charge in [-0.1, -0.05) is 200 Å². The summed E-state index contributed by atoms with van der Waals surface area (Å²) in [4.78, 5) is 0. The van der Waals surface area contributed by atoms with Crippen molar-refractivity contribution in [3.63, 3.8) is 0 Å². The van der Waals surface area contributed by atoms with Crippen LogP contribution in [0.2, 0.25) is 0 Å². The molecule has 0 bridgehead atoms. The van der Waals surface area contributed by atoms with Gasteiger partial charge >= 0.3 is 0 Å². The number of benzene rings is 13. The maximum atomic E-state index is 2.50. The Bertz CT molecular complexity index is 4380. The van der Waals surface area contributed by atoms with Gasteiger partial charge in [-0.25, -0.2) is 0 Å². The second kappa shape index (κ2) is 16.0. The molecule has 0 radical (unpaired) electrons. The van der Waals surface area contributed by atoms with Crippen molar-refractivity contribution < 1.29 is 0 Å². The molecule has 2 aromatic heterocycles. The molecule has 0 atom stereocenters. The van der Waals surface area contributed by atoms with E-state index in [-0.39, 0.29) is 0 Å². The van der Waals surface area contributed by atoms with Gasteiger partial charge in [0.05, 0.1) is 22.1 Å². The van der Waals surface area contributed by atoms with Crippen molar-refractivity contribution in [2.45, 2.75) is 0 Å². The lowest BCUT2D eigenvalue weighted by Crippen LogP contribution is -1.95. The van der Waals surface area contributed by atoms with Gasteiger partial charge in [0.1, 0.15) is 0 Å². The molecule has 15 rings (SSSR count). The standard InChI is InChI=1S/C70H44N2/c1-4-20-45(21-5-1)68-54-28-10-12-30-56(54)69(57-31-13-11-29-55(57)68)70-58-34-18-32-50(46-38-40-66-62(42-46)52-26-14-16-36-64(52)71(66)48-22-6-2-7-23-48)60(58)44-61-51(33-19-35-59(61)70)47-39-41-67-63(43-47)53-27-15-17-37-65(53)72(67)49-24-8-3-9-25-49/h1-44H. The summed E-state index contributed by atoms with van der Waals surface area (Å²) >= 11 is 0. The second-order valence-corrected chi connectivity index (χ2v) is 19.1. The number of hydrogen-bond donors (Lipinski definition) is 0. The summed E-state index contributed by atoms with van der Waals surface area (Å²) in [6.07, 6.45) is 0. The number of para-hydroxylation sites is 4. The highest BCUT2D eigenvalue weighted by molar-refractivity contribution is 6.29. The van der Waals surface area contributed by atoms with Gasteiger partial charge in [-0.05, 0) is 154 Å². The summed E-state index contributed by atoms with van der Waals surface area (Å²) in [5.74, 6) is 0. The van der Waals surface area contributed by atoms with Crippen molar-refractivity contribution in [2.75, 3.05) is 0 Å². The molecule has 0 unspecified atom stereocenters. The SMILES string of the molecule is c1ccc(-c2c3ccccc3c(-c3c4cccc(-c5ccc6c(c5)c5ccccc5n6-c5ccccc5)c4cc4c(-c5ccc6c(c5)c5ccccc5n6-c5ccccc5)cccc34)c3ccccc23)cc1. The number of nitrogens with zero attached hydrogens (tertiary/aromatic N) is 2. The van der Waals surface area contributed by atoms with Gasteiger partial charge in [-0.3, -0.25) is 0 Å². The van der Waals surface area contributed by atoms with E-state index < -0.39 is 0 Å². The van der Waals surface area contributed by atoms with E-state index in [1.54, 1.807) is 0 Å². The lowest BCUT2D eigenvalue weighted by Gasteiger charge is -2.22. The van der Waals surface area contributed by atoms with Gasteiger partial charge in [0, 0.05) is 32.9 Å². The van der Waals surface area contributed by atoms with Gasteiger partial charge < -0.3 is 9.13 Å². The van der Waals surface area contributed by atoms with Crippen LogP contribution in [0.3, 0.4) is 0 Å². The van der Waals surface area contributed by atoms with Crippen LogP contribution in [0.4, 0.5) is 0 Å². The van der Waals surface area contributed by atoms with Gasteiger partial charge in [-0.15, -0.1) is 0 Å². The molecule has 0 N–H and O–H groups in total. The molecule has 0 aliphatic rings. The number of aromatic nitrogens is 2. The average Bonchev–Trinajstić information content (AvgIpc) is 3.96. The topological polar surface area (TPSA) is 9.86 Å². The smallest absolute Gasteiger partial charge is 0.0541 e. The molecule has 334 valence electrons. The first-order chi connectivity index (χ1) is 35.8. The highest BCUT2D eigenvalue weighted by Gasteiger charge is 2.23. The predicted molar refractivity (Wildman–Crippen MR) is 307 cm³/mol. The van der Waals surface area contributed by atoms with Gasteiger partial charge in [-0.2, -0.15) is 0 Å². The highest BCUT2D eigenvalue weighted by atomic mass is 15.0. The summed E-state index contributed by atoms with van der Waals surface area (Å²) in [7, 11) is 0. The Labute approximate surface area is 416 Å². The minimum atomic E-state index is 1.16. The molecule has 0 aliphatic heterocycles. The number of rotatable bonds is 6. The Hall–Kier alpha value is -9.50. The summed E-state index contributed by atoms with van der Waals surface area (Å²) in [5.41, 5.74) is 16.9. The first-order valence-electron chi connectivity index (χ1n) is 24.9. The largest absolute Gasteiger partial charge is 0.309 e. The van der Waals surface area contributed by atoms with Crippen LogP contribution in [0.5, 0.6) is 0 Å². The lowest BCUT2D eigenvalue weighted by atomic mass is 9.81. The fourth-order valence-electron chi connectivity index (χ4n) is 12.2. The maximum Gasteiger partial charge on any atom is 0.0541 e. The van der Waals surface area contributed by atoms with Crippen LogP contribution in [0.1, 0.15) is 0 Å². The molecule has 0 saturated carbocycles. The third-order valence-electron chi connectivity index (χ3n) is 15.3. The van der Waals surface area contributed by atoms with Crippen molar-refractivity contribution in [3.8, 4) is 55.9 Å². The van der Waals surface area contributed by atoms with E-state index in [2.05, 4.69) is 276 Å². The molecule has 0 aliphatic carbocycles. The van der Waals surface area contributed by atoms with Crippen LogP contribution >= 0.6 is 0 Å². The zero-order valence-electron chi connectivity index (χ0n) is 39.3. The quantitative estimate of drug-likeness (QED) is 0.147. The van der Waals surface area contributed by atoms with Gasteiger partial charge in [0.2, 0.25) is 0 Å². The first kappa shape index (κ1) is 40.4. The average molecular weight is 913 g/mol. The first-order valence-corrected chi connectivity index (χ1v) is 24.9. The highest BCUT2D eigenvalue weighted by Crippen LogP contribution is 2.50. The van der Waals surface area contributed by atoms with Crippen LogP contribution in [-0.4, -0.2) is 9.13 Å². The summed E-state index contributed by atoms with van der Waals surface area (Å²) < 4.78 is 4.80. The zero-order chi connectivity index (χ0) is 47.3. The molecular weight excluding hydrogens is 869 g/mol. The molecule has 0 amide bonds. The fraction of sp³-hybridized carbons (Fsp3) is 0. The van der Waals surface area contributed by atoms with Gasteiger partial charge in [0.25, 0.3) is 0 Å². The number of hydrogen-bond acceptors (Lipinski definition) is 0. The van der Waals surface area contributed by atoms with Gasteiger partial charge in [0.15, 0.2) is 0 Å². The molecule has 2 nitrogen and oxygen atoms in total. The zero-order valence-corrected chi connectivity index (χ0v) is 39.3. The summed E-state index contributed by atoms with van der Waals surface area (Å²) in [6.45, 7) is 0. The van der Waals surface area contributed by atoms with E-state index in [4.69, 9.17) is 0 Å². The van der Waals surface area contributed by atoms with E-state index >= 15 is 0 Å². The van der Waals surface area contributed by atoms with E-state index in [1.165, 1.54) is 131 Å². The minimum Gasteiger partial charge on any atom is -0.309 e. The predicted octanol–water partition coefficient (Wildman–Crippen LogP) is 19.2. The Balaban J connectivity index is 1.06. The summed E-state index contributed by atoms with van der Waals surface area (Å²) in [5, 5.41) is 14.8. The minimum absolute atomic E-state index is 1.16.